The van der Waals surface area contributed by atoms with Crippen molar-refractivity contribution in [1.82, 2.24) is 0 Å². The lowest BCUT2D eigenvalue weighted by Crippen LogP contribution is -2.48. The zero-order valence-electron chi connectivity index (χ0n) is 10.4. The van der Waals surface area contributed by atoms with Crippen LogP contribution >= 0.6 is 0 Å². The van der Waals surface area contributed by atoms with Crippen molar-refractivity contribution in [3.63, 3.8) is 0 Å². The van der Waals surface area contributed by atoms with Gasteiger partial charge in [-0.1, -0.05) is 0 Å². The molecule has 2 atom stereocenters. The second-order valence-corrected chi connectivity index (χ2v) is 3.91. The number of carbonyl (C=O) groups excluding carboxylic acids is 1. The number of carbonyl (C=O) groups is 2. The highest BCUT2D eigenvalue weighted by Crippen LogP contribution is 2.31. The minimum absolute atomic E-state index is 0.373. The summed E-state index contributed by atoms with van der Waals surface area (Å²) in [5, 5.41) is 17.3. The van der Waals surface area contributed by atoms with E-state index in [1.54, 1.807) is 0 Å². The molecule has 1 rings (SSSR count). The number of carboxylic acid groups (broad SMARTS) is 1. The van der Waals surface area contributed by atoms with Gasteiger partial charge >= 0.3 is 5.97 Å². The van der Waals surface area contributed by atoms with Gasteiger partial charge in [-0.2, -0.15) is 0 Å². The third-order valence-electron chi connectivity index (χ3n) is 2.42. The fourth-order valence-corrected chi connectivity index (χ4v) is 1.68. The third-order valence-corrected chi connectivity index (χ3v) is 2.42. The van der Waals surface area contributed by atoms with E-state index in [2.05, 4.69) is 0 Å². The molecule has 100 valence electrons. The van der Waals surface area contributed by atoms with Gasteiger partial charge < -0.3 is 19.7 Å². The third kappa shape index (κ3) is 6.23. The van der Waals surface area contributed by atoms with Crippen LogP contribution in [0.15, 0.2) is 0 Å². The molecule has 0 bridgehead atoms. The molecule has 1 aliphatic carbocycles. The van der Waals surface area contributed by atoms with Crippen LogP contribution in [0.4, 0.5) is 0 Å². The van der Waals surface area contributed by atoms with Crippen molar-refractivity contribution in [2.75, 3.05) is 7.11 Å². The summed E-state index contributed by atoms with van der Waals surface area (Å²) in [6, 6.07) is 0. The predicted octanol–water partition coefficient (Wildman–Crippen LogP) is 0.918. The van der Waals surface area contributed by atoms with Crippen LogP contribution in [0.1, 0.15) is 39.5 Å². The van der Waals surface area contributed by atoms with Crippen LogP contribution in [0.5, 0.6) is 0 Å². The predicted molar refractivity (Wildman–Crippen MR) is 59.3 cm³/mol. The van der Waals surface area contributed by atoms with E-state index in [-0.39, 0.29) is 5.97 Å². The normalized spacial score (nSPS) is 27.6. The van der Waals surface area contributed by atoms with E-state index in [9.17, 15) is 9.90 Å². The van der Waals surface area contributed by atoms with Crippen LogP contribution in [-0.2, 0) is 19.1 Å². The number of aliphatic hydroxyl groups is 1. The van der Waals surface area contributed by atoms with Crippen LogP contribution in [0.2, 0.25) is 0 Å². The van der Waals surface area contributed by atoms with Gasteiger partial charge in [0.05, 0.1) is 0 Å². The molecular weight excluding hydrogens is 228 g/mol. The Bertz CT molecular complexity index is 261. The van der Waals surface area contributed by atoms with Gasteiger partial charge in [-0.3, -0.25) is 9.59 Å². The maximum absolute atomic E-state index is 10.7. The molecule has 0 spiro atoms. The van der Waals surface area contributed by atoms with E-state index in [1.807, 2.05) is 0 Å². The Hall–Kier alpha value is -1.14. The Morgan fingerprint density at radius 2 is 1.82 bits per heavy atom. The number of aliphatic carboxylic acids is 1. The van der Waals surface area contributed by atoms with Crippen molar-refractivity contribution in [2.45, 2.75) is 51.4 Å². The minimum atomic E-state index is -1.27. The Morgan fingerprint density at radius 3 is 2.24 bits per heavy atom. The monoisotopic (exact) mass is 248 g/mol. The summed E-state index contributed by atoms with van der Waals surface area (Å²) >= 11 is 0. The number of hydrogen-bond donors (Lipinski definition) is 2. The fourth-order valence-electron chi connectivity index (χ4n) is 1.68. The molecule has 6 nitrogen and oxygen atoms in total. The maximum atomic E-state index is 10.7. The lowest BCUT2D eigenvalue weighted by Gasteiger charge is -2.37. The van der Waals surface area contributed by atoms with Gasteiger partial charge in [0, 0.05) is 27.4 Å². The van der Waals surface area contributed by atoms with E-state index < -0.39 is 17.9 Å². The summed E-state index contributed by atoms with van der Waals surface area (Å²) in [5.41, 5.74) is 0. The first kappa shape index (κ1) is 15.9. The Labute approximate surface area is 101 Å². The molecule has 0 amide bonds. The molecule has 0 aromatic heterocycles. The van der Waals surface area contributed by atoms with Gasteiger partial charge in [0.15, 0.2) is 6.10 Å². The Kier molecular flexibility index (Phi) is 6.75. The number of hydrogen-bond acceptors (Lipinski definition) is 5. The largest absolute Gasteiger partial charge is 0.481 e. The van der Waals surface area contributed by atoms with E-state index in [1.165, 1.54) is 14.0 Å². The average Bonchev–Trinajstić information content (AvgIpc) is 2.20. The van der Waals surface area contributed by atoms with E-state index >= 15 is 0 Å². The fraction of sp³-hybridized carbons (Fsp3) is 0.818. The second-order valence-electron chi connectivity index (χ2n) is 3.91. The quantitative estimate of drug-likeness (QED) is 0.557. The van der Waals surface area contributed by atoms with Crippen molar-refractivity contribution in [2.24, 2.45) is 0 Å². The van der Waals surface area contributed by atoms with Crippen LogP contribution in [-0.4, -0.2) is 41.2 Å². The first-order chi connectivity index (χ1) is 7.81. The average molecular weight is 248 g/mol. The standard InChI is InChI=1S/C9H16O4.C2H4O2/c1-7(10)13-8-5-3-4-6-9(8,11)12-2;1-2(3)4/h8,11H,3-6H2,1-2H3;1H3,(H,3,4). The molecule has 0 aliphatic heterocycles. The summed E-state index contributed by atoms with van der Waals surface area (Å²) in [5.74, 6) is -2.48. The maximum Gasteiger partial charge on any atom is 0.303 e. The molecule has 2 unspecified atom stereocenters. The van der Waals surface area contributed by atoms with E-state index in [4.69, 9.17) is 19.4 Å². The minimum Gasteiger partial charge on any atom is -0.481 e. The van der Waals surface area contributed by atoms with Crippen LogP contribution in [0, 0.1) is 0 Å². The highest BCUT2D eigenvalue weighted by Gasteiger charge is 2.41. The first-order valence-electron chi connectivity index (χ1n) is 5.46. The number of methoxy groups -OCH3 is 1. The molecule has 0 saturated heterocycles. The lowest BCUT2D eigenvalue weighted by molar-refractivity contribution is -0.263. The van der Waals surface area contributed by atoms with Crippen LogP contribution < -0.4 is 0 Å². The van der Waals surface area contributed by atoms with Crippen LogP contribution in [0.3, 0.4) is 0 Å². The van der Waals surface area contributed by atoms with Gasteiger partial charge in [-0.05, 0) is 19.3 Å². The summed E-state index contributed by atoms with van der Waals surface area (Å²) in [7, 11) is 1.43. The van der Waals surface area contributed by atoms with Crippen molar-refractivity contribution in [1.29, 1.82) is 0 Å². The van der Waals surface area contributed by atoms with Crippen molar-refractivity contribution in [3.8, 4) is 0 Å². The van der Waals surface area contributed by atoms with Gasteiger partial charge in [0.2, 0.25) is 5.79 Å². The molecule has 17 heavy (non-hydrogen) atoms. The van der Waals surface area contributed by atoms with Crippen molar-refractivity contribution >= 4 is 11.9 Å². The number of carboxylic acids is 1. The summed E-state index contributed by atoms with van der Waals surface area (Å²) in [4.78, 5) is 19.7. The molecule has 0 heterocycles. The smallest absolute Gasteiger partial charge is 0.303 e. The SMILES string of the molecule is CC(=O)O.COC1(O)CCCCC1OC(C)=O. The first-order valence-corrected chi connectivity index (χ1v) is 5.46. The molecule has 0 radical (unpaired) electrons. The van der Waals surface area contributed by atoms with Crippen molar-refractivity contribution < 1.29 is 29.3 Å². The van der Waals surface area contributed by atoms with E-state index in [0.717, 1.165) is 19.8 Å². The molecule has 2 N–H and O–H groups in total. The second kappa shape index (κ2) is 7.24. The molecule has 1 fully saturated rings. The molecule has 0 aromatic carbocycles. The molecular formula is C11H20O6. The Balaban J connectivity index is 0.000000557. The Morgan fingerprint density at radius 1 is 1.29 bits per heavy atom. The molecule has 1 aliphatic rings. The molecule has 6 heteroatoms. The van der Waals surface area contributed by atoms with Gasteiger partial charge in [-0.15, -0.1) is 0 Å². The highest BCUT2D eigenvalue weighted by atomic mass is 16.7. The number of rotatable bonds is 2. The zero-order chi connectivity index (χ0) is 13.5. The summed E-state index contributed by atoms with van der Waals surface area (Å²) in [6.45, 7) is 2.42. The van der Waals surface area contributed by atoms with Gasteiger partial charge in [-0.25, -0.2) is 0 Å². The molecule has 1 saturated carbocycles. The van der Waals surface area contributed by atoms with Crippen LogP contribution in [0.25, 0.3) is 0 Å². The summed E-state index contributed by atoms with van der Waals surface area (Å²) in [6.07, 6.45) is 2.56. The van der Waals surface area contributed by atoms with Crippen molar-refractivity contribution in [3.05, 3.63) is 0 Å². The zero-order valence-corrected chi connectivity index (χ0v) is 10.4. The van der Waals surface area contributed by atoms with Gasteiger partial charge in [0.25, 0.3) is 5.97 Å². The number of ether oxygens (including phenoxy) is 2. The van der Waals surface area contributed by atoms with E-state index in [0.29, 0.717) is 12.8 Å². The van der Waals surface area contributed by atoms with Gasteiger partial charge in [0.1, 0.15) is 0 Å². The number of esters is 1. The highest BCUT2D eigenvalue weighted by molar-refractivity contribution is 5.66. The summed E-state index contributed by atoms with van der Waals surface area (Å²) < 4.78 is 9.95. The molecule has 0 aromatic rings. The lowest BCUT2D eigenvalue weighted by atomic mass is 9.91. The topological polar surface area (TPSA) is 93.1 Å².